The van der Waals surface area contributed by atoms with E-state index in [1.54, 1.807) is 17.3 Å². The topological polar surface area (TPSA) is 50.3 Å². The van der Waals surface area contributed by atoms with Crippen molar-refractivity contribution in [3.8, 4) is 0 Å². The van der Waals surface area contributed by atoms with Crippen molar-refractivity contribution in [2.75, 3.05) is 11.4 Å². The molecule has 0 bridgehead atoms. The minimum Gasteiger partial charge on any atom is -0.304 e. The standard InChI is InChI=1S/C17H16N2O2/c1-2-12-5-6-15-14(10-12)16(20)17(21)19(15)9-7-13-4-3-8-18-11-13/h3-6,8,10-11H,2,7,9H2,1H3. The lowest BCUT2D eigenvalue weighted by atomic mass is 10.1. The summed E-state index contributed by atoms with van der Waals surface area (Å²) in [7, 11) is 0. The monoisotopic (exact) mass is 280 g/mol. The highest BCUT2D eigenvalue weighted by Gasteiger charge is 2.35. The molecular formula is C17H16N2O2. The summed E-state index contributed by atoms with van der Waals surface area (Å²) < 4.78 is 0. The predicted molar refractivity (Wildman–Crippen MR) is 80.4 cm³/mol. The van der Waals surface area contributed by atoms with Gasteiger partial charge in [0.25, 0.3) is 11.7 Å². The normalized spacial score (nSPS) is 13.7. The van der Waals surface area contributed by atoms with Gasteiger partial charge in [0.1, 0.15) is 0 Å². The van der Waals surface area contributed by atoms with E-state index < -0.39 is 11.7 Å². The third-order valence-electron chi connectivity index (χ3n) is 3.79. The number of amides is 1. The maximum atomic E-state index is 12.1. The molecule has 21 heavy (non-hydrogen) atoms. The average molecular weight is 280 g/mol. The van der Waals surface area contributed by atoms with E-state index in [4.69, 9.17) is 0 Å². The van der Waals surface area contributed by atoms with Gasteiger partial charge in [0.2, 0.25) is 0 Å². The summed E-state index contributed by atoms with van der Waals surface area (Å²) in [6.45, 7) is 2.53. The van der Waals surface area contributed by atoms with Crippen LogP contribution < -0.4 is 4.90 Å². The second-order valence-corrected chi connectivity index (χ2v) is 5.10. The van der Waals surface area contributed by atoms with Gasteiger partial charge in [-0.05, 0) is 42.2 Å². The van der Waals surface area contributed by atoms with E-state index >= 15 is 0 Å². The molecule has 0 saturated carbocycles. The fourth-order valence-electron chi connectivity index (χ4n) is 2.58. The van der Waals surface area contributed by atoms with Crippen LogP contribution in [0, 0.1) is 0 Å². The Morgan fingerprint density at radius 2 is 2.00 bits per heavy atom. The molecule has 0 saturated heterocycles. The Morgan fingerprint density at radius 3 is 2.71 bits per heavy atom. The van der Waals surface area contributed by atoms with Crippen LogP contribution in [0.5, 0.6) is 0 Å². The molecule has 1 aliphatic heterocycles. The number of fused-ring (bicyclic) bond motifs is 1. The van der Waals surface area contributed by atoms with Crippen molar-refractivity contribution < 1.29 is 9.59 Å². The van der Waals surface area contributed by atoms with Crippen molar-refractivity contribution in [1.29, 1.82) is 0 Å². The van der Waals surface area contributed by atoms with Gasteiger partial charge in [0.15, 0.2) is 0 Å². The van der Waals surface area contributed by atoms with Gasteiger partial charge in [0.05, 0.1) is 11.3 Å². The Bertz CT molecular complexity index is 695. The molecule has 106 valence electrons. The zero-order valence-corrected chi connectivity index (χ0v) is 11.9. The SMILES string of the molecule is CCc1ccc2c(c1)C(=O)C(=O)N2CCc1cccnc1. The molecule has 4 heteroatoms. The third kappa shape index (κ3) is 2.44. The number of hydrogen-bond donors (Lipinski definition) is 0. The van der Waals surface area contributed by atoms with E-state index in [2.05, 4.69) is 4.98 Å². The number of anilines is 1. The highest BCUT2D eigenvalue weighted by molar-refractivity contribution is 6.52. The molecule has 0 N–H and O–H groups in total. The first-order valence-electron chi connectivity index (χ1n) is 7.08. The molecule has 1 aliphatic rings. The Balaban J connectivity index is 1.84. The van der Waals surface area contributed by atoms with Crippen LogP contribution >= 0.6 is 0 Å². The summed E-state index contributed by atoms with van der Waals surface area (Å²) >= 11 is 0. The summed E-state index contributed by atoms with van der Waals surface area (Å²) in [6, 6.07) is 9.52. The van der Waals surface area contributed by atoms with E-state index in [0.29, 0.717) is 18.5 Å². The molecule has 0 unspecified atom stereocenters. The van der Waals surface area contributed by atoms with E-state index in [1.165, 1.54) is 0 Å². The fourth-order valence-corrected chi connectivity index (χ4v) is 2.58. The lowest BCUT2D eigenvalue weighted by molar-refractivity contribution is -0.114. The molecule has 1 aromatic carbocycles. The van der Waals surface area contributed by atoms with Crippen molar-refractivity contribution in [2.24, 2.45) is 0 Å². The van der Waals surface area contributed by atoms with Gasteiger partial charge < -0.3 is 4.90 Å². The average Bonchev–Trinajstić information content (AvgIpc) is 2.77. The first kappa shape index (κ1) is 13.5. The molecule has 3 rings (SSSR count). The zero-order chi connectivity index (χ0) is 14.8. The van der Waals surface area contributed by atoms with Crippen LogP contribution in [-0.2, 0) is 17.6 Å². The summed E-state index contributed by atoms with van der Waals surface area (Å²) in [4.78, 5) is 29.9. The number of hydrogen-bond acceptors (Lipinski definition) is 3. The molecule has 0 aliphatic carbocycles. The van der Waals surface area contributed by atoms with Crippen molar-refractivity contribution in [3.63, 3.8) is 0 Å². The Hall–Kier alpha value is -2.49. The number of nitrogens with zero attached hydrogens (tertiary/aromatic N) is 2. The van der Waals surface area contributed by atoms with Gasteiger partial charge in [-0.15, -0.1) is 0 Å². The molecule has 0 spiro atoms. The number of aromatic nitrogens is 1. The molecule has 0 radical (unpaired) electrons. The number of carbonyl (C=O) groups excluding carboxylic acids is 2. The number of pyridine rings is 1. The van der Waals surface area contributed by atoms with E-state index in [0.717, 1.165) is 23.2 Å². The second kappa shape index (κ2) is 5.48. The maximum absolute atomic E-state index is 12.1. The number of rotatable bonds is 4. The van der Waals surface area contributed by atoms with Gasteiger partial charge in [-0.1, -0.05) is 19.1 Å². The Kier molecular flexibility index (Phi) is 3.52. The van der Waals surface area contributed by atoms with Crippen LogP contribution in [-0.4, -0.2) is 23.2 Å². The largest absolute Gasteiger partial charge is 0.304 e. The minimum absolute atomic E-state index is 0.397. The maximum Gasteiger partial charge on any atom is 0.299 e. The molecule has 4 nitrogen and oxygen atoms in total. The molecular weight excluding hydrogens is 264 g/mol. The third-order valence-corrected chi connectivity index (χ3v) is 3.79. The number of carbonyl (C=O) groups is 2. The summed E-state index contributed by atoms with van der Waals surface area (Å²) in [6.07, 6.45) is 5.03. The lowest BCUT2D eigenvalue weighted by Crippen LogP contribution is -2.31. The van der Waals surface area contributed by atoms with Gasteiger partial charge in [-0.25, -0.2) is 0 Å². The smallest absolute Gasteiger partial charge is 0.299 e. The number of aryl methyl sites for hydroxylation is 1. The van der Waals surface area contributed by atoms with E-state index in [9.17, 15) is 9.59 Å². The highest BCUT2D eigenvalue weighted by atomic mass is 16.2. The van der Waals surface area contributed by atoms with Gasteiger partial charge in [-0.3, -0.25) is 14.6 Å². The van der Waals surface area contributed by atoms with Crippen LogP contribution in [0.25, 0.3) is 0 Å². The molecule has 1 amide bonds. The second-order valence-electron chi connectivity index (χ2n) is 5.10. The van der Waals surface area contributed by atoms with Crippen molar-refractivity contribution >= 4 is 17.4 Å². The van der Waals surface area contributed by atoms with Gasteiger partial charge >= 0.3 is 0 Å². The Morgan fingerprint density at radius 1 is 1.14 bits per heavy atom. The van der Waals surface area contributed by atoms with Crippen molar-refractivity contribution in [2.45, 2.75) is 19.8 Å². The molecule has 0 fully saturated rings. The van der Waals surface area contributed by atoms with Crippen LogP contribution in [0.1, 0.15) is 28.4 Å². The minimum atomic E-state index is -0.429. The van der Waals surface area contributed by atoms with E-state index in [-0.39, 0.29) is 0 Å². The first-order valence-corrected chi connectivity index (χ1v) is 7.08. The summed E-state index contributed by atoms with van der Waals surface area (Å²) in [5.41, 5.74) is 3.39. The fraction of sp³-hybridized carbons (Fsp3) is 0.235. The number of Topliss-reactive ketones (excluding diaryl/α,β-unsaturated/α-hetero) is 1. The van der Waals surface area contributed by atoms with Gasteiger partial charge in [0, 0.05) is 18.9 Å². The number of benzene rings is 1. The molecule has 2 heterocycles. The van der Waals surface area contributed by atoms with Crippen LogP contribution in [0.4, 0.5) is 5.69 Å². The zero-order valence-electron chi connectivity index (χ0n) is 11.9. The Labute approximate surface area is 123 Å². The number of ketones is 1. The predicted octanol–water partition coefficient (Wildman–Crippen LogP) is 2.42. The lowest BCUT2D eigenvalue weighted by Gasteiger charge is -2.16. The quantitative estimate of drug-likeness (QED) is 0.808. The molecule has 1 aromatic heterocycles. The first-order chi connectivity index (χ1) is 10.2. The molecule has 0 atom stereocenters. The van der Waals surface area contributed by atoms with Crippen molar-refractivity contribution in [3.05, 3.63) is 59.4 Å². The highest BCUT2D eigenvalue weighted by Crippen LogP contribution is 2.30. The van der Waals surface area contributed by atoms with Crippen molar-refractivity contribution in [1.82, 2.24) is 4.98 Å². The summed E-state index contributed by atoms with van der Waals surface area (Å²) in [5.74, 6) is -0.825. The van der Waals surface area contributed by atoms with Crippen LogP contribution in [0.2, 0.25) is 0 Å². The van der Waals surface area contributed by atoms with Crippen LogP contribution in [0.15, 0.2) is 42.7 Å². The van der Waals surface area contributed by atoms with Crippen LogP contribution in [0.3, 0.4) is 0 Å². The van der Waals surface area contributed by atoms with Gasteiger partial charge in [-0.2, -0.15) is 0 Å². The summed E-state index contributed by atoms with van der Waals surface area (Å²) in [5, 5.41) is 0. The van der Waals surface area contributed by atoms with E-state index in [1.807, 2.05) is 37.3 Å². The molecule has 2 aromatic rings.